The summed E-state index contributed by atoms with van der Waals surface area (Å²) in [5.41, 5.74) is 8.05. The zero-order valence-corrected chi connectivity index (χ0v) is 9.80. The summed E-state index contributed by atoms with van der Waals surface area (Å²) in [6.07, 6.45) is 2.97. The van der Waals surface area contributed by atoms with E-state index in [1.54, 1.807) is 4.68 Å². The molecule has 0 saturated heterocycles. The van der Waals surface area contributed by atoms with Crippen LogP contribution >= 0.6 is 11.6 Å². The van der Waals surface area contributed by atoms with Crippen molar-refractivity contribution in [3.63, 3.8) is 0 Å². The molecule has 0 saturated carbocycles. The molecule has 0 aliphatic rings. The molecule has 80 valence electrons. The van der Waals surface area contributed by atoms with Gasteiger partial charge in [-0.1, -0.05) is 24.9 Å². The number of aromatic nitrogens is 2. The van der Waals surface area contributed by atoms with Gasteiger partial charge in [-0.25, -0.2) is 0 Å². The van der Waals surface area contributed by atoms with E-state index in [0.29, 0.717) is 5.15 Å². The number of nitrogens with two attached hydrogens (primary N) is 1. The molecule has 0 aliphatic heterocycles. The Morgan fingerprint density at radius 3 is 2.64 bits per heavy atom. The Morgan fingerprint density at radius 2 is 2.21 bits per heavy atom. The highest BCUT2D eigenvalue weighted by atomic mass is 35.5. The molecule has 0 bridgehead atoms. The maximum atomic E-state index is 6.10. The lowest BCUT2D eigenvalue weighted by Crippen LogP contribution is -2.22. The van der Waals surface area contributed by atoms with Gasteiger partial charge in [-0.15, -0.1) is 0 Å². The molecule has 4 heteroatoms. The van der Waals surface area contributed by atoms with Crippen molar-refractivity contribution >= 4 is 11.6 Å². The molecule has 0 spiro atoms. The van der Waals surface area contributed by atoms with Crippen molar-refractivity contribution in [3.8, 4) is 0 Å². The van der Waals surface area contributed by atoms with E-state index in [-0.39, 0.29) is 6.04 Å². The zero-order chi connectivity index (χ0) is 10.7. The molecule has 1 rings (SSSR count). The minimum atomic E-state index is 0.195. The number of nitrogens with zero attached hydrogens (tertiary/aromatic N) is 2. The summed E-state index contributed by atoms with van der Waals surface area (Å²) >= 11 is 6.10. The van der Waals surface area contributed by atoms with Gasteiger partial charge in [-0.3, -0.25) is 4.68 Å². The summed E-state index contributed by atoms with van der Waals surface area (Å²) in [6, 6.07) is 0.195. The van der Waals surface area contributed by atoms with Crippen LogP contribution in [0.1, 0.15) is 31.0 Å². The summed E-state index contributed by atoms with van der Waals surface area (Å²) < 4.78 is 1.70. The maximum Gasteiger partial charge on any atom is 0.130 e. The topological polar surface area (TPSA) is 43.8 Å². The summed E-state index contributed by atoms with van der Waals surface area (Å²) in [4.78, 5) is 0. The predicted octanol–water partition coefficient (Wildman–Crippen LogP) is 2.05. The van der Waals surface area contributed by atoms with Gasteiger partial charge in [0.25, 0.3) is 0 Å². The minimum Gasteiger partial charge on any atom is -0.327 e. The lowest BCUT2D eigenvalue weighted by Gasteiger charge is -2.09. The molecule has 0 fully saturated rings. The van der Waals surface area contributed by atoms with E-state index in [9.17, 15) is 0 Å². The van der Waals surface area contributed by atoms with Crippen LogP contribution in [0, 0.1) is 6.92 Å². The van der Waals surface area contributed by atoms with E-state index < -0.39 is 0 Å². The lowest BCUT2D eigenvalue weighted by molar-refractivity contribution is 0.599. The van der Waals surface area contributed by atoms with Crippen molar-refractivity contribution in [1.29, 1.82) is 0 Å². The van der Waals surface area contributed by atoms with E-state index in [1.165, 1.54) is 0 Å². The number of hydrogen-bond acceptors (Lipinski definition) is 2. The van der Waals surface area contributed by atoms with Crippen molar-refractivity contribution in [2.45, 2.75) is 39.2 Å². The van der Waals surface area contributed by atoms with Crippen molar-refractivity contribution in [3.05, 3.63) is 16.4 Å². The highest BCUT2D eigenvalue weighted by Crippen LogP contribution is 2.20. The van der Waals surface area contributed by atoms with Gasteiger partial charge in [0.15, 0.2) is 0 Å². The van der Waals surface area contributed by atoms with E-state index in [4.69, 9.17) is 17.3 Å². The quantitative estimate of drug-likeness (QED) is 0.836. The van der Waals surface area contributed by atoms with Gasteiger partial charge in [0.2, 0.25) is 0 Å². The first-order valence-corrected chi connectivity index (χ1v) is 5.37. The molecule has 2 N–H and O–H groups in total. The Kier molecular flexibility index (Phi) is 3.96. The molecule has 0 radical (unpaired) electrons. The van der Waals surface area contributed by atoms with Gasteiger partial charge in [-0.05, 0) is 19.8 Å². The smallest absolute Gasteiger partial charge is 0.130 e. The van der Waals surface area contributed by atoms with Crippen molar-refractivity contribution < 1.29 is 0 Å². The first kappa shape index (κ1) is 11.5. The summed E-state index contributed by atoms with van der Waals surface area (Å²) in [6.45, 7) is 4.11. The largest absolute Gasteiger partial charge is 0.327 e. The molecule has 1 unspecified atom stereocenters. The second-order valence-electron chi connectivity index (χ2n) is 3.73. The molecule has 0 aromatic carbocycles. The fraction of sp³-hybridized carbons (Fsp3) is 0.700. The van der Waals surface area contributed by atoms with Gasteiger partial charge in [0.05, 0.1) is 5.69 Å². The Labute approximate surface area is 90.2 Å². The zero-order valence-electron chi connectivity index (χ0n) is 9.05. The molecule has 3 nitrogen and oxygen atoms in total. The van der Waals surface area contributed by atoms with E-state index in [2.05, 4.69) is 12.0 Å². The third kappa shape index (κ3) is 2.49. The molecular weight excluding hydrogens is 198 g/mol. The van der Waals surface area contributed by atoms with Crippen LogP contribution in [0.5, 0.6) is 0 Å². The molecule has 1 heterocycles. The number of hydrogen-bond donors (Lipinski definition) is 1. The van der Waals surface area contributed by atoms with Crippen LogP contribution in [0.2, 0.25) is 5.15 Å². The minimum absolute atomic E-state index is 0.195. The van der Waals surface area contributed by atoms with E-state index in [0.717, 1.165) is 30.5 Å². The second kappa shape index (κ2) is 4.80. The number of halogens is 1. The van der Waals surface area contributed by atoms with Gasteiger partial charge in [0, 0.05) is 18.7 Å². The highest BCUT2D eigenvalue weighted by molar-refractivity contribution is 6.30. The standard InChI is InChI=1S/C10H18ClN3/c1-4-5-8(12)6-9-7(2)13-14(3)10(9)11/h8H,4-6,12H2,1-3H3. The van der Waals surface area contributed by atoms with Crippen LogP contribution < -0.4 is 5.73 Å². The van der Waals surface area contributed by atoms with Crippen LogP contribution in [0.15, 0.2) is 0 Å². The van der Waals surface area contributed by atoms with Crippen LogP contribution in [0.3, 0.4) is 0 Å². The SMILES string of the molecule is CCCC(N)Cc1c(C)nn(C)c1Cl. The number of aryl methyl sites for hydroxylation is 2. The molecule has 0 amide bonds. The van der Waals surface area contributed by atoms with Crippen molar-refractivity contribution in [2.24, 2.45) is 12.8 Å². The average Bonchev–Trinajstić information content (AvgIpc) is 2.33. The van der Waals surface area contributed by atoms with Crippen molar-refractivity contribution in [2.75, 3.05) is 0 Å². The normalized spacial score (nSPS) is 13.2. The highest BCUT2D eigenvalue weighted by Gasteiger charge is 2.13. The van der Waals surface area contributed by atoms with E-state index >= 15 is 0 Å². The maximum absolute atomic E-state index is 6.10. The monoisotopic (exact) mass is 215 g/mol. The fourth-order valence-electron chi connectivity index (χ4n) is 1.64. The Balaban J connectivity index is 2.75. The van der Waals surface area contributed by atoms with Crippen LogP contribution in [-0.4, -0.2) is 15.8 Å². The molecule has 1 aromatic heterocycles. The third-order valence-corrected chi connectivity index (χ3v) is 2.87. The lowest BCUT2D eigenvalue weighted by atomic mass is 10.0. The van der Waals surface area contributed by atoms with Crippen LogP contribution in [0.4, 0.5) is 0 Å². The molecule has 0 aliphatic carbocycles. The Bertz CT molecular complexity index is 307. The van der Waals surface area contributed by atoms with Gasteiger partial charge in [0.1, 0.15) is 5.15 Å². The summed E-state index contributed by atoms with van der Waals surface area (Å²) in [5.74, 6) is 0. The Morgan fingerprint density at radius 1 is 1.57 bits per heavy atom. The third-order valence-electron chi connectivity index (χ3n) is 2.40. The summed E-state index contributed by atoms with van der Waals surface area (Å²) in [5, 5.41) is 4.97. The van der Waals surface area contributed by atoms with Crippen molar-refractivity contribution in [1.82, 2.24) is 9.78 Å². The fourth-order valence-corrected chi connectivity index (χ4v) is 1.89. The van der Waals surface area contributed by atoms with Gasteiger partial charge < -0.3 is 5.73 Å². The van der Waals surface area contributed by atoms with Crippen LogP contribution in [0.25, 0.3) is 0 Å². The predicted molar refractivity (Wildman–Crippen MR) is 59.5 cm³/mol. The Hall–Kier alpha value is -0.540. The first-order chi connectivity index (χ1) is 6.56. The second-order valence-corrected chi connectivity index (χ2v) is 4.09. The molecule has 1 aromatic rings. The first-order valence-electron chi connectivity index (χ1n) is 4.99. The van der Waals surface area contributed by atoms with Gasteiger partial charge >= 0.3 is 0 Å². The van der Waals surface area contributed by atoms with E-state index in [1.807, 2.05) is 14.0 Å². The molecular formula is C10H18ClN3. The molecule has 1 atom stereocenters. The van der Waals surface area contributed by atoms with Gasteiger partial charge in [-0.2, -0.15) is 5.10 Å². The molecule has 14 heavy (non-hydrogen) atoms. The average molecular weight is 216 g/mol. The summed E-state index contributed by atoms with van der Waals surface area (Å²) in [7, 11) is 1.85. The van der Waals surface area contributed by atoms with Crippen LogP contribution in [-0.2, 0) is 13.5 Å². The number of rotatable bonds is 4.